The van der Waals surface area contributed by atoms with Gasteiger partial charge in [0, 0.05) is 17.8 Å². The molecule has 1 fully saturated rings. The van der Waals surface area contributed by atoms with E-state index in [9.17, 15) is 4.79 Å². The second-order valence-corrected chi connectivity index (χ2v) is 3.33. The van der Waals surface area contributed by atoms with Gasteiger partial charge in [0.25, 0.3) is 0 Å². The van der Waals surface area contributed by atoms with E-state index in [4.69, 9.17) is 4.74 Å². The molecule has 1 heterocycles. The third-order valence-electron chi connectivity index (χ3n) is 2.18. The molecule has 0 radical (unpaired) electrons. The van der Waals surface area contributed by atoms with Gasteiger partial charge in [-0.2, -0.15) is 0 Å². The van der Waals surface area contributed by atoms with Crippen molar-refractivity contribution in [3.05, 3.63) is 24.4 Å². The number of carbonyl (C=O) groups excluding carboxylic acids is 1. The Balaban J connectivity index is 2.40. The molecule has 0 spiro atoms. The van der Waals surface area contributed by atoms with E-state index in [1.165, 1.54) is 0 Å². The summed E-state index contributed by atoms with van der Waals surface area (Å²) in [6, 6.07) is 0.438. The van der Waals surface area contributed by atoms with Crippen LogP contribution in [0.15, 0.2) is 24.4 Å². The van der Waals surface area contributed by atoms with Crippen LogP contribution in [-0.2, 0) is 9.53 Å². The minimum absolute atomic E-state index is 0.255. The van der Waals surface area contributed by atoms with Gasteiger partial charge in [0.05, 0.1) is 6.61 Å². The highest BCUT2D eigenvalue weighted by molar-refractivity contribution is 5.82. The van der Waals surface area contributed by atoms with Crippen molar-refractivity contribution in [1.29, 1.82) is 0 Å². The van der Waals surface area contributed by atoms with E-state index in [1.54, 1.807) is 13.0 Å². The molecule has 0 bridgehead atoms. The van der Waals surface area contributed by atoms with Crippen LogP contribution in [0.3, 0.4) is 0 Å². The fraction of sp³-hybridized carbons (Fsp3) is 0.545. The second-order valence-electron chi connectivity index (χ2n) is 3.33. The maximum absolute atomic E-state index is 11.1. The van der Waals surface area contributed by atoms with E-state index in [0.717, 1.165) is 25.0 Å². The molecule has 0 aromatic heterocycles. The Bertz CT molecular complexity index is 246. The smallest absolute Gasteiger partial charge is 0.332 e. The van der Waals surface area contributed by atoms with Crippen molar-refractivity contribution in [3.63, 3.8) is 0 Å². The third-order valence-corrected chi connectivity index (χ3v) is 2.18. The highest BCUT2D eigenvalue weighted by atomic mass is 16.5. The number of esters is 1. The van der Waals surface area contributed by atoms with Crippen LogP contribution in [0.5, 0.6) is 0 Å². The molecule has 3 heteroatoms. The predicted molar refractivity (Wildman–Crippen MR) is 55.7 cm³/mol. The first-order chi connectivity index (χ1) is 6.76. The molecule has 1 aliphatic heterocycles. The Morgan fingerprint density at radius 2 is 2.57 bits per heavy atom. The topological polar surface area (TPSA) is 38.3 Å². The number of hydrogen-bond acceptors (Lipinski definition) is 3. The molecular weight excluding hydrogens is 178 g/mol. The van der Waals surface area contributed by atoms with Crippen molar-refractivity contribution in [2.24, 2.45) is 0 Å². The maximum Gasteiger partial charge on any atom is 0.332 e. The van der Waals surface area contributed by atoms with Gasteiger partial charge in [0.1, 0.15) is 0 Å². The fourth-order valence-electron chi connectivity index (χ4n) is 1.55. The van der Waals surface area contributed by atoms with Gasteiger partial charge in [0.15, 0.2) is 0 Å². The van der Waals surface area contributed by atoms with Crippen molar-refractivity contribution >= 4 is 5.97 Å². The number of hydrogen-bond donors (Lipinski definition) is 1. The Morgan fingerprint density at radius 3 is 3.21 bits per heavy atom. The molecule has 0 aromatic rings. The molecule has 0 aliphatic carbocycles. The monoisotopic (exact) mass is 195 g/mol. The minimum atomic E-state index is -0.255. The van der Waals surface area contributed by atoms with Gasteiger partial charge < -0.3 is 10.1 Å². The summed E-state index contributed by atoms with van der Waals surface area (Å²) in [5, 5.41) is 3.27. The maximum atomic E-state index is 11.1. The summed E-state index contributed by atoms with van der Waals surface area (Å²) in [5.41, 5.74) is 0.982. The lowest BCUT2D eigenvalue weighted by Gasteiger charge is -2.07. The Hall–Kier alpha value is -1.25. The van der Waals surface area contributed by atoms with Gasteiger partial charge in [-0.1, -0.05) is 6.08 Å². The van der Waals surface area contributed by atoms with E-state index < -0.39 is 0 Å². The predicted octanol–water partition coefficient (Wildman–Crippen LogP) is 1.76. The average molecular weight is 195 g/mol. The van der Waals surface area contributed by atoms with Gasteiger partial charge in [0.2, 0.25) is 0 Å². The third kappa shape index (κ3) is 3.24. The van der Waals surface area contributed by atoms with Crippen molar-refractivity contribution in [1.82, 2.24) is 5.32 Å². The van der Waals surface area contributed by atoms with Crippen molar-refractivity contribution in [2.45, 2.75) is 32.2 Å². The van der Waals surface area contributed by atoms with E-state index >= 15 is 0 Å². The Morgan fingerprint density at radius 1 is 1.79 bits per heavy atom. The molecule has 1 atom stereocenters. The van der Waals surface area contributed by atoms with Crippen LogP contribution in [0.25, 0.3) is 0 Å². The van der Waals surface area contributed by atoms with Crippen LogP contribution in [0.1, 0.15) is 26.2 Å². The summed E-state index contributed by atoms with van der Waals surface area (Å²) in [7, 11) is 0. The summed E-state index contributed by atoms with van der Waals surface area (Å²) < 4.78 is 4.82. The number of nitrogens with one attached hydrogen (secondary N) is 1. The van der Waals surface area contributed by atoms with Gasteiger partial charge >= 0.3 is 5.97 Å². The molecule has 14 heavy (non-hydrogen) atoms. The Labute approximate surface area is 84.8 Å². The van der Waals surface area contributed by atoms with Gasteiger partial charge in [-0.3, -0.25) is 0 Å². The summed E-state index contributed by atoms with van der Waals surface area (Å²) in [5.74, 6) is -0.255. The lowest BCUT2D eigenvalue weighted by atomic mass is 10.1. The van der Waals surface area contributed by atoms with E-state index in [-0.39, 0.29) is 5.97 Å². The number of ether oxygens (including phenoxy) is 1. The molecule has 3 nitrogen and oxygen atoms in total. The SMILES string of the molecule is C=CCC1CC/C(=C\C(=O)OCC)N1. The largest absolute Gasteiger partial charge is 0.463 e. The van der Waals surface area contributed by atoms with Crippen molar-refractivity contribution in [2.75, 3.05) is 6.61 Å². The molecule has 0 amide bonds. The lowest BCUT2D eigenvalue weighted by molar-refractivity contribution is -0.137. The number of rotatable bonds is 4. The first kappa shape index (κ1) is 10.8. The van der Waals surface area contributed by atoms with Crippen LogP contribution in [-0.4, -0.2) is 18.6 Å². The molecule has 1 unspecified atom stereocenters. The first-order valence-electron chi connectivity index (χ1n) is 5.01. The molecule has 1 aliphatic rings. The van der Waals surface area contributed by atoms with E-state index in [1.807, 2.05) is 6.08 Å². The van der Waals surface area contributed by atoms with E-state index in [2.05, 4.69) is 11.9 Å². The van der Waals surface area contributed by atoms with Gasteiger partial charge in [-0.25, -0.2) is 4.79 Å². The van der Waals surface area contributed by atoms with Crippen LogP contribution in [0.4, 0.5) is 0 Å². The van der Waals surface area contributed by atoms with Crippen LogP contribution in [0, 0.1) is 0 Å². The molecule has 1 saturated heterocycles. The zero-order valence-electron chi connectivity index (χ0n) is 8.58. The molecule has 1 rings (SSSR count). The van der Waals surface area contributed by atoms with Gasteiger partial charge in [-0.15, -0.1) is 6.58 Å². The lowest BCUT2D eigenvalue weighted by Crippen LogP contribution is -2.19. The second kappa shape index (κ2) is 5.47. The standard InChI is InChI=1S/C11H17NO2/c1-3-5-9-6-7-10(12-9)8-11(13)14-4-2/h3,8-9,12H,1,4-7H2,2H3/b10-8+. The molecule has 0 aromatic carbocycles. The van der Waals surface area contributed by atoms with Crippen LogP contribution in [0.2, 0.25) is 0 Å². The number of carbonyl (C=O) groups is 1. The number of allylic oxidation sites excluding steroid dienone is 1. The first-order valence-corrected chi connectivity index (χ1v) is 5.01. The molecular formula is C11H17NO2. The quantitative estimate of drug-likeness (QED) is 0.422. The highest BCUT2D eigenvalue weighted by Gasteiger charge is 2.17. The van der Waals surface area contributed by atoms with Crippen LogP contribution < -0.4 is 5.32 Å². The summed E-state index contributed by atoms with van der Waals surface area (Å²) >= 11 is 0. The zero-order chi connectivity index (χ0) is 10.4. The summed E-state index contributed by atoms with van der Waals surface area (Å²) in [4.78, 5) is 11.1. The highest BCUT2D eigenvalue weighted by Crippen LogP contribution is 2.17. The fourth-order valence-corrected chi connectivity index (χ4v) is 1.55. The molecule has 1 N–H and O–H groups in total. The summed E-state index contributed by atoms with van der Waals surface area (Å²) in [6.07, 6.45) is 6.38. The minimum Gasteiger partial charge on any atom is -0.463 e. The normalized spacial score (nSPS) is 23.2. The average Bonchev–Trinajstić information content (AvgIpc) is 2.53. The Kier molecular flexibility index (Phi) is 4.23. The summed E-state index contributed by atoms with van der Waals surface area (Å²) in [6.45, 7) is 5.92. The van der Waals surface area contributed by atoms with Gasteiger partial charge in [-0.05, 0) is 26.2 Å². The van der Waals surface area contributed by atoms with E-state index in [0.29, 0.717) is 12.6 Å². The zero-order valence-corrected chi connectivity index (χ0v) is 8.58. The molecule has 78 valence electrons. The van der Waals surface area contributed by atoms with Crippen molar-refractivity contribution in [3.8, 4) is 0 Å². The van der Waals surface area contributed by atoms with Crippen LogP contribution >= 0.6 is 0 Å². The van der Waals surface area contributed by atoms with Crippen molar-refractivity contribution < 1.29 is 9.53 Å². The molecule has 0 saturated carbocycles.